The third-order valence-electron chi connectivity index (χ3n) is 7.26. The Morgan fingerprint density at radius 2 is 1.90 bits per heavy atom. The molecule has 2 saturated heterocycles. The summed E-state index contributed by atoms with van der Waals surface area (Å²) in [5.74, 6) is -3.32. The number of aryl methyl sites for hydroxylation is 1. The summed E-state index contributed by atoms with van der Waals surface area (Å²) < 4.78 is 46.9. The second kappa shape index (κ2) is 10.6. The van der Waals surface area contributed by atoms with E-state index in [1.165, 1.54) is 42.2 Å². The van der Waals surface area contributed by atoms with Gasteiger partial charge in [0.25, 0.3) is 0 Å². The van der Waals surface area contributed by atoms with Gasteiger partial charge in [-0.3, -0.25) is 0 Å². The lowest BCUT2D eigenvalue weighted by Gasteiger charge is -2.53. The second-order valence-electron chi connectivity index (χ2n) is 10.1. The Balaban J connectivity index is 0.000000431. The van der Waals surface area contributed by atoms with E-state index in [-0.39, 0.29) is 5.82 Å². The minimum atomic E-state index is -5.19. The van der Waals surface area contributed by atoms with E-state index in [2.05, 4.69) is 35.3 Å². The van der Waals surface area contributed by atoms with Crippen molar-refractivity contribution in [2.24, 2.45) is 5.41 Å². The summed E-state index contributed by atoms with van der Waals surface area (Å²) in [5.41, 5.74) is 6.03. The Morgan fingerprint density at radius 3 is 2.44 bits per heavy atom. The quantitative estimate of drug-likeness (QED) is 0.357. The topological polar surface area (TPSA) is 117 Å². The second-order valence-corrected chi connectivity index (χ2v) is 11.0. The number of aliphatic carboxylic acids is 1. The van der Waals surface area contributed by atoms with Crippen LogP contribution in [0.1, 0.15) is 17.5 Å². The highest BCUT2D eigenvalue weighted by atomic mass is 32.1. The number of carboxylic acid groups (broad SMARTS) is 1. The largest absolute Gasteiger partial charge is 0.542 e. The average Bonchev–Trinajstić information content (AvgIpc) is 3.48. The molecule has 0 unspecified atom stereocenters. The highest BCUT2D eigenvalue weighted by Crippen LogP contribution is 2.40. The van der Waals surface area contributed by atoms with Crippen molar-refractivity contribution in [3.63, 3.8) is 0 Å². The molecule has 2 aliphatic rings. The molecular weight excluding hydrogens is 562 g/mol. The monoisotopic (exact) mass is 587 g/mol. The third-order valence-corrected chi connectivity index (χ3v) is 8.29. The lowest BCUT2D eigenvalue weighted by Crippen LogP contribution is -3.04. The summed E-state index contributed by atoms with van der Waals surface area (Å²) in [5, 5.41) is 26.4. The normalized spacial score (nSPS) is 15.5. The van der Waals surface area contributed by atoms with Gasteiger partial charge in [0.2, 0.25) is 0 Å². The van der Waals surface area contributed by atoms with E-state index < -0.39 is 12.1 Å². The molecule has 214 valence electrons. The molecular formula is C27H25F4N7O2S. The lowest BCUT2D eigenvalue weighted by molar-refractivity contribution is -0.742. The zero-order valence-electron chi connectivity index (χ0n) is 22.1. The van der Waals surface area contributed by atoms with Gasteiger partial charge in [-0.05, 0) is 42.8 Å². The predicted molar refractivity (Wildman–Crippen MR) is 142 cm³/mol. The fourth-order valence-corrected chi connectivity index (χ4v) is 5.91. The fraction of sp³-hybridized carbons (Fsp3) is 0.333. The number of quaternary nitrogens is 1. The number of benzene rings is 1. The van der Waals surface area contributed by atoms with Crippen LogP contribution in [0.15, 0.2) is 42.6 Å². The number of nitrogens with two attached hydrogens (primary N) is 1. The van der Waals surface area contributed by atoms with Gasteiger partial charge in [0, 0.05) is 37.6 Å². The first-order valence-corrected chi connectivity index (χ1v) is 13.5. The molecule has 2 N–H and O–H groups in total. The number of hydrogen-bond donors (Lipinski definition) is 1. The van der Waals surface area contributed by atoms with Crippen molar-refractivity contribution in [2.45, 2.75) is 19.5 Å². The number of halogens is 4. The molecule has 5 heterocycles. The van der Waals surface area contributed by atoms with Crippen molar-refractivity contribution in [1.29, 1.82) is 5.26 Å². The van der Waals surface area contributed by atoms with Crippen molar-refractivity contribution in [2.75, 3.05) is 43.0 Å². The first-order chi connectivity index (χ1) is 19.4. The van der Waals surface area contributed by atoms with Crippen LogP contribution in [0.25, 0.3) is 16.8 Å². The molecule has 0 bridgehead atoms. The molecule has 0 aliphatic carbocycles. The molecule has 0 amide bonds. The van der Waals surface area contributed by atoms with E-state index in [0.717, 1.165) is 42.0 Å². The Hall–Kier alpha value is -4.22. The Bertz CT molecular complexity index is 1630. The number of alkyl halides is 3. The van der Waals surface area contributed by atoms with Crippen molar-refractivity contribution in [3.8, 4) is 17.3 Å². The van der Waals surface area contributed by atoms with Gasteiger partial charge >= 0.3 is 6.18 Å². The van der Waals surface area contributed by atoms with Crippen LogP contribution in [0, 0.1) is 22.6 Å². The molecule has 0 saturated carbocycles. The SMILES string of the molecule is CCc1nn2ccc(N3CC4(C[NH2+]C4)C3)cc2c1N(C)c1nc(-c2ccc(F)cc2)c(C#N)s1.O=C([O-])C(F)(F)F. The van der Waals surface area contributed by atoms with E-state index in [4.69, 9.17) is 20.0 Å². The number of hydrogen-bond acceptors (Lipinski definition) is 8. The van der Waals surface area contributed by atoms with Gasteiger partial charge in [0.05, 0.1) is 30.0 Å². The molecule has 3 aromatic heterocycles. The zero-order chi connectivity index (χ0) is 29.5. The van der Waals surface area contributed by atoms with Crippen molar-refractivity contribution >= 4 is 39.3 Å². The average molecular weight is 588 g/mol. The summed E-state index contributed by atoms with van der Waals surface area (Å²) in [6.07, 6.45) is -2.38. The van der Waals surface area contributed by atoms with E-state index in [9.17, 15) is 22.8 Å². The van der Waals surface area contributed by atoms with Crippen molar-refractivity contribution < 1.29 is 32.8 Å². The maximum atomic E-state index is 13.4. The van der Waals surface area contributed by atoms with Gasteiger partial charge in [0.15, 0.2) is 5.13 Å². The van der Waals surface area contributed by atoms with Crippen LogP contribution in [0.5, 0.6) is 0 Å². The number of carbonyl (C=O) groups is 1. The minimum Gasteiger partial charge on any atom is -0.542 e. The van der Waals surface area contributed by atoms with Crippen LogP contribution in [-0.4, -0.2) is 60.0 Å². The zero-order valence-corrected chi connectivity index (χ0v) is 22.9. The Morgan fingerprint density at radius 1 is 1.24 bits per heavy atom. The maximum absolute atomic E-state index is 13.4. The molecule has 1 aromatic carbocycles. The van der Waals surface area contributed by atoms with Gasteiger partial charge < -0.3 is 25.0 Å². The first kappa shape index (κ1) is 28.3. The highest BCUT2D eigenvalue weighted by molar-refractivity contribution is 7.16. The summed E-state index contributed by atoms with van der Waals surface area (Å²) in [4.78, 5) is 18.6. The first-order valence-electron chi connectivity index (χ1n) is 12.7. The van der Waals surface area contributed by atoms with E-state index in [1.54, 1.807) is 12.1 Å². The summed E-state index contributed by atoms with van der Waals surface area (Å²) in [6, 6.07) is 12.7. The van der Waals surface area contributed by atoms with Crippen molar-refractivity contribution in [1.82, 2.24) is 14.6 Å². The molecule has 6 rings (SSSR count). The maximum Gasteiger partial charge on any atom is 0.430 e. The van der Waals surface area contributed by atoms with Crippen LogP contribution < -0.4 is 20.2 Å². The number of carbonyl (C=O) groups excluding carboxylic acids is 1. The highest BCUT2D eigenvalue weighted by Gasteiger charge is 2.51. The van der Waals surface area contributed by atoms with Crippen LogP contribution in [-0.2, 0) is 11.2 Å². The lowest BCUT2D eigenvalue weighted by atomic mass is 9.74. The number of nitrogens with zero attached hydrogens (tertiary/aromatic N) is 6. The van der Waals surface area contributed by atoms with Crippen LogP contribution in [0.3, 0.4) is 0 Å². The molecule has 2 fully saturated rings. The number of rotatable bonds is 5. The number of nitriles is 1. The molecule has 0 atom stereocenters. The molecule has 9 nitrogen and oxygen atoms in total. The van der Waals surface area contributed by atoms with Gasteiger partial charge in [-0.25, -0.2) is 13.9 Å². The van der Waals surface area contributed by atoms with Crippen molar-refractivity contribution in [3.05, 3.63) is 59.0 Å². The minimum absolute atomic E-state index is 0.312. The Labute approximate surface area is 236 Å². The van der Waals surface area contributed by atoms with E-state index >= 15 is 0 Å². The van der Waals surface area contributed by atoms with Gasteiger partial charge in [-0.2, -0.15) is 23.5 Å². The Kier molecular flexibility index (Phi) is 7.35. The molecule has 41 heavy (non-hydrogen) atoms. The number of pyridine rings is 1. The van der Waals surface area contributed by atoms with Crippen LogP contribution in [0.2, 0.25) is 0 Å². The summed E-state index contributed by atoms with van der Waals surface area (Å²) >= 11 is 1.34. The number of aromatic nitrogens is 3. The summed E-state index contributed by atoms with van der Waals surface area (Å²) in [6.45, 7) is 6.78. The van der Waals surface area contributed by atoms with Crippen LogP contribution >= 0.6 is 11.3 Å². The van der Waals surface area contributed by atoms with Crippen LogP contribution in [0.4, 0.5) is 34.1 Å². The molecule has 0 radical (unpaired) electrons. The molecule has 2 aliphatic heterocycles. The number of carboxylic acids is 1. The number of thiazole rings is 1. The molecule has 4 aromatic rings. The smallest absolute Gasteiger partial charge is 0.430 e. The molecule has 1 spiro atoms. The standard InChI is InChI=1S/C25H24FN7S.C2HF3O2/c1-3-19-23(20-10-18(8-9-33(20)30-19)32-14-25(15-32)12-28-13-25)31(2)24-29-22(21(11-27)34-24)16-4-6-17(26)7-5-16;3-2(4,5)1(6)7/h4-10,28H,3,12-15H2,1-2H3;(H,6,7). The third kappa shape index (κ3) is 5.42. The summed E-state index contributed by atoms with van der Waals surface area (Å²) in [7, 11) is 1.97. The number of fused-ring (bicyclic) bond motifs is 1. The fourth-order valence-electron chi connectivity index (χ4n) is 5.06. The molecule has 14 heteroatoms. The van der Waals surface area contributed by atoms with Gasteiger partial charge in [0.1, 0.15) is 33.8 Å². The van der Waals surface area contributed by atoms with E-state index in [0.29, 0.717) is 21.1 Å². The predicted octanol–water partition coefficient (Wildman–Crippen LogP) is 2.48. The van der Waals surface area contributed by atoms with Gasteiger partial charge in [-0.15, -0.1) is 0 Å². The van der Waals surface area contributed by atoms with E-state index in [1.807, 2.05) is 22.7 Å². The number of anilines is 3. The van der Waals surface area contributed by atoms with Gasteiger partial charge in [-0.1, -0.05) is 18.3 Å².